The number of halogens is 2. The molecular weight excluding hydrogens is 483 g/mol. The molecule has 0 spiro atoms. The van der Waals surface area contributed by atoms with Gasteiger partial charge in [-0.25, -0.2) is 4.39 Å². The number of hydrogen-bond donors (Lipinski definition) is 1. The van der Waals surface area contributed by atoms with Crippen LogP contribution >= 0.6 is 11.6 Å². The number of benzene rings is 1. The maximum absolute atomic E-state index is 13.7. The average molecular weight is 521 g/mol. The number of carbonyl (C=O) groups excluding carboxylic acids is 1. The van der Waals surface area contributed by atoms with Crippen molar-refractivity contribution in [3.05, 3.63) is 23.0 Å². The molecule has 1 aliphatic heterocycles. The van der Waals surface area contributed by atoms with Crippen LogP contribution in [0.4, 0.5) is 10.2 Å². The van der Waals surface area contributed by atoms with Crippen molar-refractivity contribution in [3.8, 4) is 0 Å². The summed E-state index contributed by atoms with van der Waals surface area (Å²) in [7, 11) is 1.75. The van der Waals surface area contributed by atoms with Gasteiger partial charge in [-0.1, -0.05) is 16.8 Å². The van der Waals surface area contributed by atoms with Crippen molar-refractivity contribution in [3.63, 3.8) is 0 Å². The Hall–Kier alpha value is -1.90. The second kappa shape index (κ2) is 11.7. The summed E-state index contributed by atoms with van der Waals surface area (Å²) < 4.78 is 24.2. The van der Waals surface area contributed by atoms with Crippen LogP contribution in [0, 0.1) is 23.6 Å². The van der Waals surface area contributed by atoms with Crippen LogP contribution in [0.5, 0.6) is 0 Å². The maximum Gasteiger partial charge on any atom is 0.220 e. The molecule has 2 aromatic rings. The number of rotatable bonds is 9. The van der Waals surface area contributed by atoms with Crippen molar-refractivity contribution in [1.29, 1.82) is 0 Å². The number of amides is 1. The molecule has 2 saturated carbocycles. The molecule has 36 heavy (non-hydrogen) atoms. The molecule has 1 saturated heterocycles. The van der Waals surface area contributed by atoms with E-state index in [1.54, 1.807) is 13.2 Å². The van der Waals surface area contributed by atoms with Gasteiger partial charge in [0, 0.05) is 58.4 Å². The molecule has 198 valence electrons. The molecule has 0 atom stereocenters. The van der Waals surface area contributed by atoms with Gasteiger partial charge in [0.05, 0.1) is 10.4 Å². The molecule has 7 nitrogen and oxygen atoms in total. The van der Waals surface area contributed by atoms with Crippen molar-refractivity contribution < 1.29 is 18.4 Å². The molecule has 1 amide bonds. The first-order valence-electron chi connectivity index (χ1n) is 13.5. The Balaban J connectivity index is 0.982. The Kier molecular flexibility index (Phi) is 8.33. The van der Waals surface area contributed by atoms with E-state index < -0.39 is 5.82 Å². The molecule has 1 aromatic carbocycles. The fourth-order valence-corrected chi connectivity index (χ4v) is 6.42. The van der Waals surface area contributed by atoms with E-state index in [2.05, 4.69) is 20.3 Å². The van der Waals surface area contributed by atoms with Crippen LogP contribution < -0.4 is 10.2 Å². The highest BCUT2D eigenvalue weighted by molar-refractivity contribution is 6.31. The van der Waals surface area contributed by atoms with Gasteiger partial charge in [-0.15, -0.1) is 0 Å². The number of aromatic nitrogens is 1. The van der Waals surface area contributed by atoms with Gasteiger partial charge in [0.15, 0.2) is 11.4 Å². The zero-order valence-electron chi connectivity index (χ0n) is 21.2. The van der Waals surface area contributed by atoms with E-state index in [0.717, 1.165) is 82.1 Å². The van der Waals surface area contributed by atoms with Gasteiger partial charge >= 0.3 is 0 Å². The Morgan fingerprint density at radius 2 is 1.89 bits per heavy atom. The SMILES string of the molecule is COCC1CC(CC(=O)N[C@H]2CC[C@H](CCN3CCN(c4noc5cc(F)c(Cl)cc45)CC3)CC2)C1. The minimum Gasteiger partial charge on any atom is -0.384 e. The zero-order valence-corrected chi connectivity index (χ0v) is 21.9. The molecule has 0 radical (unpaired) electrons. The Labute approximate surface area is 217 Å². The van der Waals surface area contributed by atoms with E-state index in [-0.39, 0.29) is 10.9 Å². The maximum atomic E-state index is 13.7. The molecule has 1 N–H and O–H groups in total. The van der Waals surface area contributed by atoms with Crippen LogP contribution in [0.2, 0.25) is 5.02 Å². The molecule has 5 rings (SSSR count). The van der Waals surface area contributed by atoms with Crippen LogP contribution in [0.15, 0.2) is 16.7 Å². The molecule has 9 heteroatoms. The van der Waals surface area contributed by atoms with E-state index in [4.69, 9.17) is 20.9 Å². The number of methoxy groups -OCH3 is 1. The molecule has 2 aliphatic carbocycles. The van der Waals surface area contributed by atoms with Crippen molar-refractivity contribution >= 4 is 34.3 Å². The highest BCUT2D eigenvalue weighted by Crippen LogP contribution is 2.36. The van der Waals surface area contributed by atoms with Gasteiger partial charge in [0.25, 0.3) is 0 Å². The minimum atomic E-state index is -0.488. The van der Waals surface area contributed by atoms with Crippen LogP contribution in [-0.2, 0) is 9.53 Å². The Bertz CT molecular complexity index is 1030. The highest BCUT2D eigenvalue weighted by atomic mass is 35.5. The van der Waals surface area contributed by atoms with E-state index in [1.807, 2.05) is 0 Å². The lowest BCUT2D eigenvalue weighted by atomic mass is 9.73. The fourth-order valence-electron chi connectivity index (χ4n) is 6.25. The predicted octanol–water partition coefficient (Wildman–Crippen LogP) is 4.87. The summed E-state index contributed by atoms with van der Waals surface area (Å²) in [5, 5.41) is 8.34. The van der Waals surface area contributed by atoms with Gasteiger partial charge in [-0.05, 0) is 75.3 Å². The van der Waals surface area contributed by atoms with Crippen LogP contribution in [-0.4, -0.2) is 68.4 Å². The van der Waals surface area contributed by atoms with Crippen molar-refractivity contribution in [2.45, 2.75) is 57.4 Å². The van der Waals surface area contributed by atoms with Gasteiger partial charge in [-0.3, -0.25) is 9.69 Å². The molecule has 3 aliphatic rings. The summed E-state index contributed by atoms with van der Waals surface area (Å²) in [6.45, 7) is 5.61. The minimum absolute atomic E-state index is 0.0920. The summed E-state index contributed by atoms with van der Waals surface area (Å²) >= 11 is 5.97. The number of fused-ring (bicyclic) bond motifs is 1. The van der Waals surface area contributed by atoms with Gasteiger partial charge < -0.3 is 19.5 Å². The third-order valence-electron chi connectivity index (χ3n) is 8.44. The third kappa shape index (κ3) is 6.14. The van der Waals surface area contributed by atoms with Crippen molar-refractivity contribution in [2.75, 3.05) is 51.3 Å². The van der Waals surface area contributed by atoms with E-state index >= 15 is 0 Å². The number of nitrogens with zero attached hydrogens (tertiary/aromatic N) is 3. The topological polar surface area (TPSA) is 70.8 Å². The molecule has 3 fully saturated rings. The van der Waals surface area contributed by atoms with Crippen LogP contribution in [0.1, 0.15) is 51.4 Å². The fraction of sp³-hybridized carbons (Fsp3) is 0.704. The highest BCUT2D eigenvalue weighted by Gasteiger charge is 2.31. The molecule has 0 bridgehead atoms. The number of hydrogen-bond acceptors (Lipinski definition) is 6. The zero-order chi connectivity index (χ0) is 25.1. The quantitative estimate of drug-likeness (QED) is 0.508. The second-order valence-corrected chi connectivity index (χ2v) is 11.4. The Morgan fingerprint density at radius 3 is 2.61 bits per heavy atom. The average Bonchev–Trinajstić information content (AvgIpc) is 3.25. The first-order chi connectivity index (χ1) is 17.5. The lowest BCUT2D eigenvalue weighted by Crippen LogP contribution is -2.47. The number of nitrogens with one attached hydrogen (secondary N) is 1. The normalized spacial score (nSPS) is 27.2. The predicted molar refractivity (Wildman–Crippen MR) is 139 cm³/mol. The molecular formula is C27H38ClFN4O3. The monoisotopic (exact) mass is 520 g/mol. The molecule has 0 unspecified atom stereocenters. The van der Waals surface area contributed by atoms with E-state index in [0.29, 0.717) is 29.9 Å². The van der Waals surface area contributed by atoms with Crippen molar-refractivity contribution in [2.24, 2.45) is 17.8 Å². The number of anilines is 1. The number of piperazine rings is 1. The van der Waals surface area contributed by atoms with E-state index in [9.17, 15) is 9.18 Å². The molecule has 2 heterocycles. The number of carbonyl (C=O) groups is 1. The van der Waals surface area contributed by atoms with E-state index in [1.165, 1.54) is 25.3 Å². The summed E-state index contributed by atoms with van der Waals surface area (Å²) in [4.78, 5) is 17.1. The van der Waals surface area contributed by atoms with Crippen molar-refractivity contribution in [1.82, 2.24) is 15.4 Å². The van der Waals surface area contributed by atoms with Gasteiger partial charge in [0.2, 0.25) is 5.91 Å². The van der Waals surface area contributed by atoms with Gasteiger partial charge in [0.1, 0.15) is 5.82 Å². The first-order valence-corrected chi connectivity index (χ1v) is 13.9. The Morgan fingerprint density at radius 1 is 1.14 bits per heavy atom. The largest absolute Gasteiger partial charge is 0.384 e. The summed E-state index contributed by atoms with van der Waals surface area (Å²) in [6.07, 6.45) is 8.76. The molecule has 1 aromatic heterocycles. The summed E-state index contributed by atoms with van der Waals surface area (Å²) in [6, 6.07) is 3.26. The van der Waals surface area contributed by atoms with Gasteiger partial charge in [-0.2, -0.15) is 0 Å². The summed E-state index contributed by atoms with van der Waals surface area (Å²) in [5.74, 6) is 2.44. The van der Waals surface area contributed by atoms with Crippen LogP contribution in [0.25, 0.3) is 11.0 Å². The lowest BCUT2D eigenvalue weighted by molar-refractivity contribution is -0.124. The lowest BCUT2D eigenvalue weighted by Gasteiger charge is -2.36. The smallest absolute Gasteiger partial charge is 0.220 e. The number of ether oxygens (including phenoxy) is 1. The third-order valence-corrected chi connectivity index (χ3v) is 8.73. The standard InChI is InChI=1S/C27H38ClFN4O3/c1-35-17-20-12-19(13-20)14-26(34)30-21-4-2-18(3-5-21)6-7-32-8-10-33(11-9-32)27-22-15-23(28)24(29)16-25(22)36-31-27/h15-16,18-21H,2-14,17H2,1H3,(H,30,34)/t18-,19?,20?,21-. The second-order valence-electron chi connectivity index (χ2n) is 11.0. The summed E-state index contributed by atoms with van der Waals surface area (Å²) in [5.41, 5.74) is 0.430. The first kappa shape index (κ1) is 25.7. The van der Waals surface area contributed by atoms with Crippen LogP contribution in [0.3, 0.4) is 0 Å².